The van der Waals surface area contributed by atoms with Crippen LogP contribution >= 0.6 is 0 Å². The second kappa shape index (κ2) is 30.3. The third kappa shape index (κ3) is 25.2. The van der Waals surface area contributed by atoms with Gasteiger partial charge in [0.05, 0.1) is 6.04 Å². The lowest BCUT2D eigenvalue weighted by Crippen LogP contribution is -2.59. The first-order chi connectivity index (χ1) is 27.8. The number of hydrogen-bond donors (Lipinski definition) is 15. The zero-order valence-corrected chi connectivity index (χ0v) is 33.5. The molecule has 0 spiro atoms. The molecule has 0 aromatic rings. The standard InChI is InChI=1S/C34H66N16O9/c35-15-3-1-7-20(47-29(55)21(9-5-17-44-33(40)41)46-27(53)19(37)11-13-25(38)51)28(54)48-22(10-6-18-45-34(42)43)30(56)49-23(12-14-26(39)52)31(57)50-24(32(58)59)8-2-4-16-36/h19-24H,1-18,35-37H2,(H2,38,51)(H2,39,52)(H,46,53)(H,47,55)(H,48,54)(H,49,56)(H,50,57)(H,58,59)(H4,40,41,44)(H4,42,43,45)/t19-,20-,21-,22-,23-,24-/m0/s1. The molecular formula is C34H66N16O9. The van der Waals surface area contributed by atoms with Crippen molar-refractivity contribution in [2.24, 2.45) is 61.6 Å². The number of nitrogens with one attached hydrogen (secondary N) is 5. The maximum absolute atomic E-state index is 13.9. The van der Waals surface area contributed by atoms with Crippen molar-refractivity contribution in [2.45, 2.75) is 126 Å². The number of aliphatic imine (C=N–C) groups is 2. The highest BCUT2D eigenvalue weighted by molar-refractivity contribution is 5.96. The molecule has 0 bridgehead atoms. The van der Waals surface area contributed by atoms with Gasteiger partial charge in [-0.25, -0.2) is 4.79 Å². The molecular weight excluding hydrogens is 776 g/mol. The maximum atomic E-state index is 13.9. The highest BCUT2D eigenvalue weighted by Gasteiger charge is 2.33. The van der Waals surface area contributed by atoms with Gasteiger partial charge in [-0.15, -0.1) is 0 Å². The molecule has 336 valence electrons. The third-order valence-corrected chi connectivity index (χ3v) is 8.65. The number of carboxylic acid groups (broad SMARTS) is 1. The number of rotatable bonds is 33. The minimum atomic E-state index is -1.46. The number of nitrogens with two attached hydrogens (primary N) is 9. The Morgan fingerprint density at radius 3 is 1.12 bits per heavy atom. The molecule has 25 nitrogen and oxygen atoms in total. The average molecular weight is 843 g/mol. The summed E-state index contributed by atoms with van der Waals surface area (Å²) in [4.78, 5) is 110. The number of hydrogen-bond acceptors (Lipinski definition) is 13. The van der Waals surface area contributed by atoms with Crippen molar-refractivity contribution in [3.8, 4) is 0 Å². The Hall–Kier alpha value is -5.82. The van der Waals surface area contributed by atoms with Crippen LogP contribution in [0.1, 0.15) is 89.9 Å². The van der Waals surface area contributed by atoms with Crippen LogP contribution < -0.4 is 78.2 Å². The summed E-state index contributed by atoms with van der Waals surface area (Å²) < 4.78 is 0. The van der Waals surface area contributed by atoms with Crippen LogP contribution in [-0.2, 0) is 38.4 Å². The minimum absolute atomic E-state index is 0.00559. The average Bonchev–Trinajstić information content (AvgIpc) is 3.16. The van der Waals surface area contributed by atoms with Gasteiger partial charge in [-0.1, -0.05) is 0 Å². The Balaban J connectivity index is 6.52. The molecule has 0 saturated carbocycles. The number of carboxylic acids is 1. The lowest BCUT2D eigenvalue weighted by molar-refractivity contribution is -0.142. The summed E-state index contributed by atoms with van der Waals surface area (Å²) in [6.45, 7) is 0.694. The predicted octanol–water partition coefficient (Wildman–Crippen LogP) is -6.28. The van der Waals surface area contributed by atoms with Gasteiger partial charge in [0, 0.05) is 25.9 Å². The third-order valence-electron chi connectivity index (χ3n) is 8.65. The molecule has 0 heterocycles. The number of nitrogens with zero attached hydrogens (tertiary/aromatic N) is 2. The molecule has 0 unspecified atom stereocenters. The predicted molar refractivity (Wildman–Crippen MR) is 218 cm³/mol. The number of amides is 7. The second-order valence-electron chi connectivity index (χ2n) is 13.7. The van der Waals surface area contributed by atoms with Gasteiger partial charge >= 0.3 is 5.97 Å². The number of carbonyl (C=O) groups excluding carboxylic acids is 7. The molecule has 0 saturated heterocycles. The molecule has 0 aliphatic carbocycles. The van der Waals surface area contributed by atoms with Crippen molar-refractivity contribution in [2.75, 3.05) is 26.2 Å². The van der Waals surface area contributed by atoms with Crippen LogP contribution in [0.4, 0.5) is 0 Å². The Morgan fingerprint density at radius 2 is 0.763 bits per heavy atom. The topological polar surface area (TPSA) is 476 Å². The second-order valence-corrected chi connectivity index (χ2v) is 13.7. The Labute approximate surface area is 342 Å². The van der Waals surface area contributed by atoms with Gasteiger partial charge in [-0.2, -0.15) is 0 Å². The number of carbonyl (C=O) groups is 8. The van der Waals surface area contributed by atoms with Gasteiger partial charge in [0.2, 0.25) is 41.4 Å². The summed E-state index contributed by atoms with van der Waals surface area (Å²) in [6, 6.07) is -7.91. The van der Waals surface area contributed by atoms with E-state index in [-0.39, 0.29) is 95.8 Å². The molecule has 0 rings (SSSR count). The van der Waals surface area contributed by atoms with E-state index in [0.29, 0.717) is 32.2 Å². The minimum Gasteiger partial charge on any atom is -0.480 e. The van der Waals surface area contributed by atoms with Gasteiger partial charge in [-0.05, 0) is 90.1 Å². The van der Waals surface area contributed by atoms with Gasteiger partial charge < -0.3 is 83.3 Å². The van der Waals surface area contributed by atoms with Crippen molar-refractivity contribution in [3.63, 3.8) is 0 Å². The number of unbranched alkanes of at least 4 members (excludes halogenated alkanes) is 2. The molecule has 6 atom stereocenters. The van der Waals surface area contributed by atoms with Gasteiger partial charge in [0.1, 0.15) is 30.2 Å². The lowest BCUT2D eigenvalue weighted by Gasteiger charge is -2.27. The van der Waals surface area contributed by atoms with Crippen molar-refractivity contribution in [1.82, 2.24) is 26.6 Å². The van der Waals surface area contributed by atoms with Crippen LogP contribution in [0.5, 0.6) is 0 Å². The zero-order chi connectivity index (χ0) is 44.9. The smallest absolute Gasteiger partial charge is 0.326 e. The number of guanidine groups is 2. The monoisotopic (exact) mass is 843 g/mol. The molecule has 0 aliphatic rings. The normalized spacial score (nSPS) is 13.8. The first-order valence-corrected chi connectivity index (χ1v) is 19.4. The molecule has 0 radical (unpaired) electrons. The summed E-state index contributed by atoms with van der Waals surface area (Å²) in [5.74, 6) is -7.44. The summed E-state index contributed by atoms with van der Waals surface area (Å²) in [7, 11) is 0. The maximum Gasteiger partial charge on any atom is 0.326 e. The van der Waals surface area contributed by atoms with Crippen LogP contribution in [0, 0.1) is 0 Å². The number of aliphatic carboxylic acids is 1. The van der Waals surface area contributed by atoms with E-state index in [0.717, 1.165) is 0 Å². The zero-order valence-electron chi connectivity index (χ0n) is 33.5. The Kier molecular flexibility index (Phi) is 27.3. The molecule has 7 amide bonds. The van der Waals surface area contributed by atoms with E-state index in [1.54, 1.807) is 0 Å². The van der Waals surface area contributed by atoms with E-state index in [2.05, 4.69) is 36.6 Å². The van der Waals surface area contributed by atoms with E-state index in [9.17, 15) is 43.5 Å². The summed E-state index contributed by atoms with van der Waals surface area (Å²) >= 11 is 0. The van der Waals surface area contributed by atoms with E-state index in [1.165, 1.54) is 0 Å². The van der Waals surface area contributed by atoms with Crippen LogP contribution in [0.3, 0.4) is 0 Å². The molecule has 24 N–H and O–H groups in total. The van der Waals surface area contributed by atoms with Crippen LogP contribution in [-0.4, -0.2) is 127 Å². The van der Waals surface area contributed by atoms with E-state index >= 15 is 0 Å². The molecule has 59 heavy (non-hydrogen) atoms. The quantitative estimate of drug-likeness (QED) is 0.0166. The highest BCUT2D eigenvalue weighted by atomic mass is 16.4. The van der Waals surface area contributed by atoms with Crippen molar-refractivity contribution >= 4 is 59.2 Å². The van der Waals surface area contributed by atoms with E-state index in [4.69, 9.17) is 51.6 Å². The fourth-order valence-corrected chi connectivity index (χ4v) is 5.41. The van der Waals surface area contributed by atoms with E-state index < -0.39 is 83.6 Å². The van der Waals surface area contributed by atoms with Crippen LogP contribution in [0.2, 0.25) is 0 Å². The SMILES string of the molecule is NCCCC[C@H](NC(=O)[C@H](CCC(N)=O)NC(=O)[C@H](CCCN=C(N)N)NC(=O)[C@H](CCCCN)NC(=O)[C@H](CCCN=C(N)N)NC(=O)[C@@H](N)CCC(N)=O)C(=O)O. The Morgan fingerprint density at radius 1 is 0.441 bits per heavy atom. The van der Waals surface area contributed by atoms with Gasteiger partial charge in [-0.3, -0.25) is 43.5 Å². The molecule has 0 aromatic carbocycles. The molecule has 0 fully saturated rings. The van der Waals surface area contributed by atoms with Crippen molar-refractivity contribution in [1.29, 1.82) is 0 Å². The first-order valence-electron chi connectivity index (χ1n) is 19.4. The fourth-order valence-electron chi connectivity index (χ4n) is 5.41. The summed E-state index contributed by atoms with van der Waals surface area (Å²) in [6.07, 6.45) is 1.06. The van der Waals surface area contributed by atoms with Gasteiger partial charge in [0.15, 0.2) is 11.9 Å². The van der Waals surface area contributed by atoms with Crippen LogP contribution in [0.25, 0.3) is 0 Å². The highest BCUT2D eigenvalue weighted by Crippen LogP contribution is 2.09. The lowest BCUT2D eigenvalue weighted by atomic mass is 10.0. The summed E-state index contributed by atoms with van der Waals surface area (Å²) in [5, 5.41) is 22.3. The van der Waals surface area contributed by atoms with E-state index in [1.807, 2.05) is 0 Å². The largest absolute Gasteiger partial charge is 0.480 e. The molecule has 0 aromatic heterocycles. The molecule has 0 aliphatic heterocycles. The number of primary amides is 2. The van der Waals surface area contributed by atoms with Gasteiger partial charge in [0.25, 0.3) is 0 Å². The van der Waals surface area contributed by atoms with Crippen molar-refractivity contribution in [3.05, 3.63) is 0 Å². The first kappa shape index (κ1) is 53.2. The Bertz CT molecular complexity index is 1440. The van der Waals surface area contributed by atoms with Crippen molar-refractivity contribution < 1.29 is 43.5 Å². The fraction of sp³-hybridized carbons (Fsp3) is 0.706. The molecule has 25 heteroatoms. The van der Waals surface area contributed by atoms with Crippen LogP contribution in [0.15, 0.2) is 9.98 Å². The summed E-state index contributed by atoms with van der Waals surface area (Å²) in [5.41, 5.74) is 49.2.